The third-order valence-corrected chi connectivity index (χ3v) is 5.11. The van der Waals surface area contributed by atoms with Crippen LogP contribution in [0.15, 0.2) is 41.3 Å². The van der Waals surface area contributed by atoms with Crippen LogP contribution in [0.3, 0.4) is 0 Å². The molecule has 8 heteroatoms. The molecule has 0 aliphatic heterocycles. The predicted octanol–water partition coefficient (Wildman–Crippen LogP) is 2.82. The standard InChI is InChI=1S/C16H17ClN2O4S/c1-10-4-6-13(12(17)8-10)19-16(20)11-5-7-14(23-3)15(9-11)24(21,22)18-2/h4-9,18H,1-3H3,(H,19,20). The number of benzene rings is 2. The molecule has 2 N–H and O–H groups in total. The highest BCUT2D eigenvalue weighted by molar-refractivity contribution is 7.89. The van der Waals surface area contributed by atoms with Crippen LogP contribution in [0.2, 0.25) is 5.02 Å². The number of hydrogen-bond acceptors (Lipinski definition) is 4. The van der Waals surface area contributed by atoms with Crippen LogP contribution in [-0.4, -0.2) is 28.5 Å². The maximum absolute atomic E-state index is 12.4. The largest absolute Gasteiger partial charge is 0.495 e. The van der Waals surface area contributed by atoms with Crippen molar-refractivity contribution >= 4 is 33.2 Å². The third kappa shape index (κ3) is 3.87. The minimum absolute atomic E-state index is 0.116. The summed E-state index contributed by atoms with van der Waals surface area (Å²) in [5.41, 5.74) is 1.58. The molecular weight excluding hydrogens is 352 g/mol. The number of amides is 1. The molecule has 0 spiro atoms. The van der Waals surface area contributed by atoms with Crippen molar-refractivity contribution in [3.8, 4) is 5.75 Å². The van der Waals surface area contributed by atoms with E-state index in [1.54, 1.807) is 12.1 Å². The molecule has 0 saturated carbocycles. The maximum atomic E-state index is 12.4. The van der Waals surface area contributed by atoms with E-state index in [9.17, 15) is 13.2 Å². The van der Waals surface area contributed by atoms with Gasteiger partial charge in [0.15, 0.2) is 0 Å². The fraction of sp³-hybridized carbons (Fsp3) is 0.188. The zero-order valence-electron chi connectivity index (χ0n) is 13.4. The van der Waals surface area contributed by atoms with E-state index in [2.05, 4.69) is 10.0 Å². The summed E-state index contributed by atoms with van der Waals surface area (Å²) in [6.45, 7) is 1.88. The van der Waals surface area contributed by atoms with Crippen molar-refractivity contribution in [1.29, 1.82) is 0 Å². The number of ether oxygens (including phenoxy) is 1. The molecule has 2 aromatic carbocycles. The average Bonchev–Trinajstić information content (AvgIpc) is 2.56. The first-order valence-corrected chi connectivity index (χ1v) is 8.83. The molecule has 0 heterocycles. The van der Waals surface area contributed by atoms with E-state index in [0.29, 0.717) is 10.7 Å². The van der Waals surface area contributed by atoms with E-state index in [1.807, 2.05) is 13.0 Å². The van der Waals surface area contributed by atoms with E-state index in [4.69, 9.17) is 16.3 Å². The van der Waals surface area contributed by atoms with Gasteiger partial charge in [0.25, 0.3) is 5.91 Å². The Bertz CT molecular complexity index is 882. The Morgan fingerprint density at radius 3 is 2.46 bits per heavy atom. The van der Waals surface area contributed by atoms with Gasteiger partial charge in [0, 0.05) is 5.56 Å². The summed E-state index contributed by atoms with van der Waals surface area (Å²) in [6, 6.07) is 9.38. The molecule has 0 unspecified atom stereocenters. The van der Waals surface area contributed by atoms with Crippen molar-refractivity contribution in [2.45, 2.75) is 11.8 Å². The van der Waals surface area contributed by atoms with Gasteiger partial charge < -0.3 is 10.1 Å². The number of hydrogen-bond donors (Lipinski definition) is 2. The fourth-order valence-corrected chi connectivity index (χ4v) is 3.25. The van der Waals surface area contributed by atoms with Crippen LogP contribution in [0.4, 0.5) is 5.69 Å². The highest BCUT2D eigenvalue weighted by Gasteiger charge is 2.20. The van der Waals surface area contributed by atoms with Crippen molar-refractivity contribution < 1.29 is 17.9 Å². The first-order chi connectivity index (χ1) is 11.3. The summed E-state index contributed by atoms with van der Waals surface area (Å²) < 4.78 is 31.4. The minimum Gasteiger partial charge on any atom is -0.495 e. The lowest BCUT2D eigenvalue weighted by Gasteiger charge is -2.12. The second-order valence-electron chi connectivity index (χ2n) is 5.01. The highest BCUT2D eigenvalue weighted by Crippen LogP contribution is 2.26. The average molecular weight is 369 g/mol. The Morgan fingerprint density at radius 1 is 1.17 bits per heavy atom. The van der Waals surface area contributed by atoms with Gasteiger partial charge in [-0.05, 0) is 49.9 Å². The second-order valence-corrected chi connectivity index (χ2v) is 7.27. The van der Waals surface area contributed by atoms with E-state index >= 15 is 0 Å². The Kier molecular flexibility index (Phi) is 5.48. The zero-order chi connectivity index (χ0) is 17.9. The predicted molar refractivity (Wildman–Crippen MR) is 93.4 cm³/mol. The van der Waals surface area contributed by atoms with Gasteiger partial charge in [-0.1, -0.05) is 17.7 Å². The first kappa shape index (κ1) is 18.3. The minimum atomic E-state index is -3.76. The molecule has 2 aromatic rings. The molecule has 0 atom stereocenters. The molecule has 1 amide bonds. The Morgan fingerprint density at radius 2 is 1.88 bits per heavy atom. The molecule has 0 aromatic heterocycles. The smallest absolute Gasteiger partial charge is 0.255 e. The summed E-state index contributed by atoms with van der Waals surface area (Å²) in [5, 5.41) is 3.06. The van der Waals surface area contributed by atoms with Gasteiger partial charge in [-0.2, -0.15) is 0 Å². The van der Waals surface area contributed by atoms with Crippen LogP contribution >= 0.6 is 11.6 Å². The Hall–Kier alpha value is -2.09. The molecule has 0 aliphatic rings. The molecule has 128 valence electrons. The number of carbonyl (C=O) groups is 1. The van der Waals surface area contributed by atoms with Gasteiger partial charge in [-0.25, -0.2) is 13.1 Å². The number of anilines is 1. The van der Waals surface area contributed by atoms with Crippen LogP contribution in [0.25, 0.3) is 0 Å². The lowest BCUT2D eigenvalue weighted by atomic mass is 10.2. The van der Waals surface area contributed by atoms with Gasteiger partial charge in [0.2, 0.25) is 10.0 Å². The van der Waals surface area contributed by atoms with Crippen molar-refractivity contribution in [2.75, 3.05) is 19.5 Å². The van der Waals surface area contributed by atoms with E-state index < -0.39 is 15.9 Å². The van der Waals surface area contributed by atoms with Gasteiger partial charge in [-0.15, -0.1) is 0 Å². The van der Waals surface area contributed by atoms with Crippen molar-refractivity contribution in [1.82, 2.24) is 4.72 Å². The zero-order valence-corrected chi connectivity index (χ0v) is 15.0. The lowest BCUT2D eigenvalue weighted by Crippen LogP contribution is -2.20. The normalized spacial score (nSPS) is 11.2. The number of nitrogens with one attached hydrogen (secondary N) is 2. The first-order valence-electron chi connectivity index (χ1n) is 6.97. The van der Waals surface area contributed by atoms with Crippen LogP contribution in [0.5, 0.6) is 5.75 Å². The topological polar surface area (TPSA) is 84.5 Å². The number of sulfonamides is 1. The number of rotatable bonds is 5. The Balaban J connectivity index is 2.38. The molecule has 2 rings (SSSR count). The summed E-state index contributed by atoms with van der Waals surface area (Å²) in [6.07, 6.45) is 0. The van der Waals surface area contributed by atoms with E-state index in [1.165, 1.54) is 32.4 Å². The lowest BCUT2D eigenvalue weighted by molar-refractivity contribution is 0.102. The molecule has 24 heavy (non-hydrogen) atoms. The quantitative estimate of drug-likeness (QED) is 0.849. The number of aryl methyl sites for hydroxylation is 1. The van der Waals surface area contributed by atoms with Crippen molar-refractivity contribution in [3.63, 3.8) is 0 Å². The molecule has 0 saturated heterocycles. The van der Waals surface area contributed by atoms with Crippen LogP contribution in [0, 0.1) is 6.92 Å². The summed E-state index contributed by atoms with van der Waals surface area (Å²) in [4.78, 5) is 12.3. The monoisotopic (exact) mass is 368 g/mol. The Labute approximate surface area is 145 Å². The molecular formula is C16H17ClN2O4S. The molecule has 0 bridgehead atoms. The van der Waals surface area contributed by atoms with Gasteiger partial charge in [0.1, 0.15) is 10.6 Å². The maximum Gasteiger partial charge on any atom is 0.255 e. The van der Waals surface area contributed by atoms with Gasteiger partial charge in [-0.3, -0.25) is 4.79 Å². The second kappa shape index (κ2) is 7.21. The highest BCUT2D eigenvalue weighted by atomic mass is 35.5. The van der Waals surface area contributed by atoms with Crippen LogP contribution in [0.1, 0.15) is 15.9 Å². The van der Waals surface area contributed by atoms with Crippen LogP contribution in [-0.2, 0) is 10.0 Å². The third-order valence-electron chi connectivity index (χ3n) is 3.36. The molecule has 0 radical (unpaired) electrons. The molecule has 0 fully saturated rings. The summed E-state index contributed by atoms with van der Waals surface area (Å²) in [5.74, 6) is -0.328. The summed E-state index contributed by atoms with van der Waals surface area (Å²) in [7, 11) is -1.12. The SMILES string of the molecule is CNS(=O)(=O)c1cc(C(=O)Nc2ccc(C)cc2Cl)ccc1OC. The molecule has 0 aliphatic carbocycles. The number of halogens is 1. The summed E-state index contributed by atoms with van der Waals surface area (Å²) >= 11 is 6.09. The molecule has 6 nitrogen and oxygen atoms in total. The van der Waals surface area contributed by atoms with Crippen molar-refractivity contribution in [2.24, 2.45) is 0 Å². The van der Waals surface area contributed by atoms with Crippen molar-refractivity contribution in [3.05, 3.63) is 52.5 Å². The fourth-order valence-electron chi connectivity index (χ4n) is 2.05. The number of carbonyl (C=O) groups excluding carboxylic acids is 1. The van der Waals surface area contributed by atoms with Gasteiger partial charge >= 0.3 is 0 Å². The van der Waals surface area contributed by atoms with E-state index in [-0.39, 0.29) is 16.2 Å². The van der Waals surface area contributed by atoms with Gasteiger partial charge in [0.05, 0.1) is 17.8 Å². The number of methoxy groups -OCH3 is 1. The van der Waals surface area contributed by atoms with E-state index in [0.717, 1.165) is 5.56 Å². The van der Waals surface area contributed by atoms with Crippen LogP contribution < -0.4 is 14.8 Å².